The monoisotopic (exact) mass is 340 g/mol. The largest absolute Gasteiger partial charge is 0.301 e. The molecule has 4 bridgehead atoms. The van der Waals surface area contributed by atoms with E-state index in [1.54, 1.807) is 11.3 Å². The fourth-order valence-corrected chi connectivity index (χ4v) is 6.79. The number of thiazole rings is 1. The maximum Gasteiger partial charge on any atom is 0.232 e. The SMILES string of the molecule is Cc1cc2nc(NC(=O)C34CC5CC(CC(C5)C3)C4)sc2cc1C. The van der Waals surface area contributed by atoms with E-state index < -0.39 is 0 Å². The predicted molar refractivity (Wildman–Crippen MR) is 98.3 cm³/mol. The third kappa shape index (κ3) is 2.22. The average Bonchev–Trinajstić information content (AvgIpc) is 2.87. The van der Waals surface area contributed by atoms with E-state index in [4.69, 9.17) is 0 Å². The first-order valence-electron chi connectivity index (χ1n) is 9.20. The molecule has 0 aliphatic heterocycles. The standard InChI is InChI=1S/C20H24N2OS/c1-11-3-16-17(4-12(11)2)24-19(21-16)22-18(23)20-8-13-5-14(9-20)7-15(6-13)10-20/h3-4,13-15H,5-10H2,1-2H3,(H,21,22,23). The normalized spacial score (nSPS) is 34.0. The Balaban J connectivity index is 1.42. The Morgan fingerprint density at radius 3 is 2.29 bits per heavy atom. The quantitative estimate of drug-likeness (QED) is 0.829. The zero-order chi connectivity index (χ0) is 16.5. The van der Waals surface area contributed by atoms with Gasteiger partial charge in [-0.15, -0.1) is 0 Å². The van der Waals surface area contributed by atoms with Crippen molar-refractivity contribution in [2.75, 3.05) is 5.32 Å². The van der Waals surface area contributed by atoms with Gasteiger partial charge in [0.25, 0.3) is 0 Å². The Hall–Kier alpha value is -1.42. The first kappa shape index (κ1) is 14.9. The lowest BCUT2D eigenvalue weighted by Gasteiger charge is -2.55. The number of benzene rings is 1. The number of aromatic nitrogens is 1. The van der Waals surface area contributed by atoms with Gasteiger partial charge in [0, 0.05) is 0 Å². The smallest absolute Gasteiger partial charge is 0.232 e. The Morgan fingerprint density at radius 2 is 1.67 bits per heavy atom. The molecule has 0 saturated heterocycles. The lowest BCUT2D eigenvalue weighted by atomic mass is 9.49. The number of rotatable bonds is 2. The molecule has 4 fully saturated rings. The van der Waals surface area contributed by atoms with Crippen molar-refractivity contribution in [2.24, 2.45) is 23.2 Å². The molecule has 0 radical (unpaired) electrons. The fourth-order valence-electron chi connectivity index (χ4n) is 5.85. The number of amides is 1. The minimum atomic E-state index is -0.0988. The highest BCUT2D eigenvalue weighted by atomic mass is 32.1. The van der Waals surface area contributed by atoms with E-state index in [1.165, 1.54) is 35.1 Å². The molecule has 1 amide bonds. The number of anilines is 1. The van der Waals surface area contributed by atoms with E-state index in [0.29, 0.717) is 0 Å². The number of aryl methyl sites for hydroxylation is 2. The summed E-state index contributed by atoms with van der Waals surface area (Å²) in [7, 11) is 0. The van der Waals surface area contributed by atoms with Gasteiger partial charge < -0.3 is 5.32 Å². The molecular formula is C20H24N2OS. The molecule has 0 atom stereocenters. The van der Waals surface area contributed by atoms with Gasteiger partial charge in [-0.2, -0.15) is 0 Å². The van der Waals surface area contributed by atoms with Crippen LogP contribution in [0.1, 0.15) is 49.7 Å². The van der Waals surface area contributed by atoms with Crippen LogP contribution in [0.3, 0.4) is 0 Å². The third-order valence-corrected chi connectivity index (χ3v) is 7.68. The minimum Gasteiger partial charge on any atom is -0.301 e. The second kappa shape index (κ2) is 5.04. The topological polar surface area (TPSA) is 42.0 Å². The second-order valence-electron chi connectivity index (χ2n) is 8.58. The van der Waals surface area contributed by atoms with Crippen LogP contribution in [0.2, 0.25) is 0 Å². The van der Waals surface area contributed by atoms with Crippen molar-refractivity contribution in [2.45, 2.75) is 52.4 Å². The summed E-state index contributed by atoms with van der Waals surface area (Å²) in [4.78, 5) is 17.8. The van der Waals surface area contributed by atoms with Gasteiger partial charge in [0.05, 0.1) is 15.6 Å². The van der Waals surface area contributed by atoms with Gasteiger partial charge in [-0.25, -0.2) is 4.98 Å². The lowest BCUT2D eigenvalue weighted by molar-refractivity contribution is -0.140. The molecule has 6 rings (SSSR count). The zero-order valence-corrected chi connectivity index (χ0v) is 15.2. The van der Waals surface area contributed by atoms with Crippen LogP contribution in [0.4, 0.5) is 5.13 Å². The van der Waals surface area contributed by atoms with Crippen LogP contribution in [-0.2, 0) is 4.79 Å². The Kier molecular flexibility index (Phi) is 3.13. The summed E-state index contributed by atoms with van der Waals surface area (Å²) in [6, 6.07) is 4.31. The highest BCUT2D eigenvalue weighted by Crippen LogP contribution is 2.60. The number of hydrogen-bond acceptors (Lipinski definition) is 3. The summed E-state index contributed by atoms with van der Waals surface area (Å²) >= 11 is 1.61. The molecule has 1 N–H and O–H groups in total. The van der Waals surface area contributed by atoms with Crippen LogP contribution in [-0.4, -0.2) is 10.9 Å². The molecule has 4 saturated carbocycles. The summed E-state index contributed by atoms with van der Waals surface area (Å²) in [5.74, 6) is 2.63. The molecule has 3 nitrogen and oxygen atoms in total. The van der Waals surface area contributed by atoms with Gasteiger partial charge in [-0.05, 0) is 93.4 Å². The average molecular weight is 340 g/mol. The number of hydrogen-bond donors (Lipinski definition) is 1. The molecule has 2 aromatic rings. The lowest BCUT2D eigenvalue weighted by Crippen LogP contribution is -2.51. The van der Waals surface area contributed by atoms with E-state index in [1.807, 2.05) is 0 Å². The van der Waals surface area contributed by atoms with Crippen LogP contribution in [0, 0.1) is 37.0 Å². The van der Waals surface area contributed by atoms with Crippen molar-refractivity contribution in [3.8, 4) is 0 Å². The maximum absolute atomic E-state index is 13.1. The van der Waals surface area contributed by atoms with Gasteiger partial charge in [0.1, 0.15) is 0 Å². The van der Waals surface area contributed by atoms with E-state index in [-0.39, 0.29) is 11.3 Å². The summed E-state index contributed by atoms with van der Waals surface area (Å²) < 4.78 is 1.17. The summed E-state index contributed by atoms with van der Waals surface area (Å²) in [6.07, 6.45) is 7.42. The van der Waals surface area contributed by atoms with E-state index in [0.717, 1.165) is 47.7 Å². The van der Waals surface area contributed by atoms with E-state index in [9.17, 15) is 4.79 Å². The van der Waals surface area contributed by atoms with Crippen molar-refractivity contribution < 1.29 is 4.79 Å². The Labute approximate surface area is 146 Å². The molecular weight excluding hydrogens is 316 g/mol. The summed E-state index contributed by atoms with van der Waals surface area (Å²) in [5, 5.41) is 3.97. The maximum atomic E-state index is 13.1. The zero-order valence-electron chi connectivity index (χ0n) is 14.4. The summed E-state index contributed by atoms with van der Waals surface area (Å²) in [5.41, 5.74) is 3.44. The van der Waals surface area contributed by atoms with Crippen molar-refractivity contribution in [3.63, 3.8) is 0 Å². The number of nitrogens with zero attached hydrogens (tertiary/aromatic N) is 1. The van der Waals surface area contributed by atoms with Crippen molar-refractivity contribution in [1.29, 1.82) is 0 Å². The van der Waals surface area contributed by atoms with Crippen LogP contribution < -0.4 is 5.32 Å². The van der Waals surface area contributed by atoms with Crippen LogP contribution in [0.15, 0.2) is 12.1 Å². The van der Waals surface area contributed by atoms with E-state index in [2.05, 4.69) is 36.3 Å². The van der Waals surface area contributed by atoms with Crippen LogP contribution in [0.25, 0.3) is 10.2 Å². The number of nitrogens with one attached hydrogen (secondary N) is 1. The first-order valence-corrected chi connectivity index (χ1v) is 10.0. The van der Waals surface area contributed by atoms with Gasteiger partial charge in [-0.3, -0.25) is 4.79 Å². The molecule has 24 heavy (non-hydrogen) atoms. The van der Waals surface area contributed by atoms with Gasteiger partial charge >= 0.3 is 0 Å². The van der Waals surface area contributed by atoms with Crippen LogP contribution in [0.5, 0.6) is 0 Å². The summed E-state index contributed by atoms with van der Waals surface area (Å²) in [6.45, 7) is 4.24. The Morgan fingerprint density at radius 1 is 1.08 bits per heavy atom. The van der Waals surface area contributed by atoms with Crippen LogP contribution >= 0.6 is 11.3 Å². The fraction of sp³-hybridized carbons (Fsp3) is 0.600. The number of carbonyl (C=O) groups excluding carboxylic acids is 1. The Bertz CT molecular complexity index is 763. The molecule has 1 heterocycles. The first-order chi connectivity index (χ1) is 11.5. The van der Waals surface area contributed by atoms with Gasteiger partial charge in [0.2, 0.25) is 5.91 Å². The molecule has 0 unspecified atom stereocenters. The van der Waals surface area contributed by atoms with Crippen molar-refractivity contribution in [3.05, 3.63) is 23.3 Å². The molecule has 4 aliphatic rings. The van der Waals surface area contributed by atoms with Crippen molar-refractivity contribution >= 4 is 32.6 Å². The predicted octanol–water partition coefficient (Wildman–Crippen LogP) is 5.07. The second-order valence-corrected chi connectivity index (χ2v) is 9.61. The third-order valence-electron chi connectivity index (χ3n) is 6.74. The molecule has 0 spiro atoms. The van der Waals surface area contributed by atoms with Crippen molar-refractivity contribution in [1.82, 2.24) is 4.98 Å². The molecule has 1 aromatic carbocycles. The molecule has 4 heteroatoms. The minimum absolute atomic E-state index is 0.0988. The highest BCUT2D eigenvalue weighted by Gasteiger charge is 2.54. The van der Waals surface area contributed by atoms with Gasteiger partial charge in [0.15, 0.2) is 5.13 Å². The number of carbonyl (C=O) groups is 1. The molecule has 4 aliphatic carbocycles. The van der Waals surface area contributed by atoms with Gasteiger partial charge in [-0.1, -0.05) is 11.3 Å². The van der Waals surface area contributed by atoms with E-state index >= 15 is 0 Å². The number of fused-ring (bicyclic) bond motifs is 1. The molecule has 1 aromatic heterocycles. The molecule has 126 valence electrons. The highest BCUT2D eigenvalue weighted by molar-refractivity contribution is 7.22.